The Bertz CT molecular complexity index is 3080. The molecule has 0 amide bonds. The fourth-order valence-corrected chi connectivity index (χ4v) is 14.7. The number of hydrogen-bond donors (Lipinski definition) is 0. The van der Waals surface area contributed by atoms with Gasteiger partial charge < -0.3 is 31.9 Å². The Morgan fingerprint density at radius 3 is 0.949 bits per heavy atom. The molecule has 0 heterocycles. The van der Waals surface area contributed by atoms with Gasteiger partial charge >= 0.3 is 17.2 Å². The lowest BCUT2D eigenvalue weighted by Gasteiger charge is -2.35. The number of benzene rings is 6. The van der Waals surface area contributed by atoms with Crippen LogP contribution in [0.25, 0.3) is 11.1 Å². The molecule has 0 aromatic heterocycles. The summed E-state index contributed by atoms with van der Waals surface area (Å²) in [5.74, 6) is 5.49. The van der Waals surface area contributed by atoms with Gasteiger partial charge in [-0.1, -0.05) is 117 Å². The lowest BCUT2D eigenvalue weighted by atomic mass is 9.74. The van der Waals surface area contributed by atoms with Gasteiger partial charge in [-0.25, -0.2) is 0 Å². The van der Waals surface area contributed by atoms with E-state index in [9.17, 15) is 0 Å². The summed E-state index contributed by atoms with van der Waals surface area (Å²) in [4.78, 5) is 0. The molecule has 4 aliphatic carbocycles. The number of fused-ring (bicyclic) bond motifs is 4. The molecule has 4 aliphatic rings. The second kappa shape index (κ2) is 23.0. The first-order chi connectivity index (χ1) is 37.5. The molecule has 7 nitrogen and oxygen atoms in total. The predicted octanol–water partition coefficient (Wildman–Crippen LogP) is 20.1. The number of hydrogen-bond acceptors (Lipinski definition) is 7. The van der Waals surface area contributed by atoms with Gasteiger partial charge in [-0.2, -0.15) is 0 Å². The van der Waals surface area contributed by atoms with Gasteiger partial charge in [-0.05, 0) is 240 Å². The zero-order valence-electron chi connectivity index (χ0n) is 50.1. The van der Waals surface area contributed by atoms with Crippen LogP contribution in [0.3, 0.4) is 0 Å². The Morgan fingerprint density at radius 2 is 0.633 bits per heavy atom. The fraction of sp³-hybridized carbons (Fsp3) is 0.486. The maximum Gasteiger partial charge on any atom is 0.530 e. The third kappa shape index (κ3) is 12.6. The van der Waals surface area contributed by atoms with Crippen molar-refractivity contribution in [2.75, 3.05) is 0 Å². The van der Waals surface area contributed by atoms with E-state index in [2.05, 4.69) is 182 Å². The summed E-state index contributed by atoms with van der Waals surface area (Å²) in [6.45, 7) is 31.4. The van der Waals surface area contributed by atoms with Crippen LogP contribution in [-0.2, 0) is 67.6 Å². The average molecular weight is 1100 g/mol. The summed E-state index contributed by atoms with van der Waals surface area (Å²) in [6, 6.07) is 30.6. The van der Waals surface area contributed by atoms with Gasteiger partial charge in [-0.3, -0.25) is 0 Å². The van der Waals surface area contributed by atoms with Gasteiger partial charge in [-0.15, -0.1) is 0 Å². The summed E-state index contributed by atoms with van der Waals surface area (Å²) >= 11 is 0. The zero-order chi connectivity index (χ0) is 56.0. The molecule has 10 rings (SSSR count). The van der Waals surface area contributed by atoms with Crippen LogP contribution in [0, 0.1) is 13.8 Å². The Kier molecular flexibility index (Phi) is 16.6. The molecule has 6 aromatic carbocycles. The minimum absolute atomic E-state index is 0.264. The van der Waals surface area contributed by atoms with Crippen molar-refractivity contribution in [1.29, 1.82) is 0 Å². The minimum atomic E-state index is -2.14. The SMILES string of the molecule is Cc1c(OC(C)(C)C)cc(C(C)(C)C)c(OP(Oc2cccc3c2CCCC3)Oc2cccc3c2CCCC3)c1-c1c(C)c(C(C)(C)C)cc(C(C)(C)C)c1OP(Oc1cccc2c1CCCC2)Oc1cccc2c1CCCC2. The maximum atomic E-state index is 7.86. The molecule has 0 aliphatic heterocycles. The lowest BCUT2D eigenvalue weighted by molar-refractivity contribution is 0.129. The predicted molar refractivity (Wildman–Crippen MR) is 328 cm³/mol. The second-order valence-electron chi connectivity index (χ2n) is 26.9. The van der Waals surface area contributed by atoms with E-state index >= 15 is 0 Å². The van der Waals surface area contributed by atoms with Crippen molar-refractivity contribution < 1.29 is 31.9 Å². The van der Waals surface area contributed by atoms with Crippen LogP contribution in [0.5, 0.6) is 40.2 Å². The number of ether oxygens (including phenoxy) is 1. The van der Waals surface area contributed by atoms with E-state index in [0.29, 0.717) is 11.5 Å². The molecule has 0 N–H and O–H groups in total. The summed E-state index contributed by atoms with van der Waals surface area (Å²) < 4.78 is 52.2. The van der Waals surface area contributed by atoms with Crippen LogP contribution >= 0.6 is 17.2 Å². The average Bonchev–Trinajstić information content (AvgIpc) is 3.60. The quantitative estimate of drug-likeness (QED) is 0.101. The van der Waals surface area contributed by atoms with Crippen molar-refractivity contribution in [1.82, 2.24) is 0 Å². The van der Waals surface area contributed by atoms with Crippen molar-refractivity contribution >= 4 is 17.2 Å². The van der Waals surface area contributed by atoms with Gasteiger partial charge in [0, 0.05) is 27.8 Å². The molecule has 9 heteroatoms. The van der Waals surface area contributed by atoms with Gasteiger partial charge in [0.15, 0.2) is 0 Å². The third-order valence-corrected chi connectivity index (χ3v) is 18.6. The van der Waals surface area contributed by atoms with Crippen LogP contribution < -0.4 is 31.9 Å². The number of aryl methyl sites for hydroxylation is 4. The Morgan fingerprint density at radius 1 is 0.329 bits per heavy atom. The molecule has 0 saturated carbocycles. The third-order valence-electron chi connectivity index (χ3n) is 16.6. The summed E-state index contributed by atoms with van der Waals surface area (Å²) in [6.07, 6.45) is 17.1. The standard InChI is InChI=1S/C70H88O7P2/c1-45-55(67(3,4)5)43-56(68(6,7)8)65(76-78(72-58-39-23-31-47-27-15-19-35-51(47)58)73-59-40-24-32-48-28-16-20-36-52(48)59)63(45)64-46(2)62(71-70(12,13)14)44-57(69(9,10)11)66(64)77-79(74-60-41-25-33-49-29-17-21-37-53(49)60)75-61-42-26-34-50-30-18-22-38-54(50)61/h23-26,31-34,39-44H,15-22,27-30,35-38H2,1-14H3. The Balaban J connectivity index is 1.25. The summed E-state index contributed by atoms with van der Waals surface area (Å²) in [5, 5.41) is 0. The molecule has 0 spiro atoms. The van der Waals surface area contributed by atoms with Crippen molar-refractivity contribution in [2.24, 2.45) is 0 Å². The Hall–Kier alpha value is -5.22. The molecule has 6 aromatic rings. The molecule has 0 unspecified atom stereocenters. The van der Waals surface area contributed by atoms with Crippen LogP contribution in [0.15, 0.2) is 84.9 Å². The first-order valence-corrected chi connectivity index (χ1v) is 31.9. The van der Waals surface area contributed by atoms with E-state index in [1.54, 1.807) is 0 Å². The second-order valence-corrected chi connectivity index (χ2v) is 28.9. The zero-order valence-corrected chi connectivity index (χ0v) is 51.9. The monoisotopic (exact) mass is 1100 g/mol. The lowest BCUT2D eigenvalue weighted by Crippen LogP contribution is -2.25. The molecule has 420 valence electrons. The van der Waals surface area contributed by atoms with Gasteiger partial charge in [0.2, 0.25) is 0 Å². The Labute approximate surface area is 476 Å². The van der Waals surface area contributed by atoms with Crippen molar-refractivity contribution in [3.8, 4) is 51.4 Å². The first-order valence-electron chi connectivity index (χ1n) is 29.7. The molecular weight excluding hydrogens is 1010 g/mol. The number of rotatable bonds is 14. The molecule has 0 fully saturated rings. The smallest absolute Gasteiger partial charge is 0.488 e. The first kappa shape index (κ1) is 57.0. The van der Waals surface area contributed by atoms with Crippen LogP contribution in [0.1, 0.15) is 207 Å². The molecule has 79 heavy (non-hydrogen) atoms. The summed E-state index contributed by atoms with van der Waals surface area (Å²) in [7, 11) is -4.27. The van der Waals surface area contributed by atoms with Gasteiger partial charge in [0.05, 0.1) is 0 Å². The maximum absolute atomic E-state index is 7.86. The molecule has 0 atom stereocenters. The topological polar surface area (TPSA) is 64.6 Å². The van der Waals surface area contributed by atoms with E-state index in [4.69, 9.17) is 31.9 Å². The van der Waals surface area contributed by atoms with Crippen molar-refractivity contribution in [2.45, 2.75) is 222 Å². The highest BCUT2D eigenvalue weighted by Crippen LogP contribution is 2.59. The van der Waals surface area contributed by atoms with E-state index < -0.39 is 33.6 Å². The highest BCUT2D eigenvalue weighted by molar-refractivity contribution is 7.43. The summed E-state index contributed by atoms with van der Waals surface area (Å²) in [5.41, 5.74) is 15.8. The molecular formula is C70H88O7P2. The van der Waals surface area contributed by atoms with Crippen LogP contribution in [-0.4, -0.2) is 5.60 Å². The van der Waals surface area contributed by atoms with E-state index in [1.807, 2.05) is 0 Å². The van der Waals surface area contributed by atoms with E-state index in [1.165, 1.54) is 75.8 Å². The van der Waals surface area contributed by atoms with Gasteiger partial charge in [0.1, 0.15) is 45.8 Å². The highest BCUT2D eigenvalue weighted by atomic mass is 31.2. The van der Waals surface area contributed by atoms with E-state index in [-0.39, 0.29) is 5.41 Å². The highest BCUT2D eigenvalue weighted by Gasteiger charge is 2.39. The fourth-order valence-electron chi connectivity index (χ4n) is 12.5. The normalized spacial score (nSPS) is 15.6. The van der Waals surface area contributed by atoms with E-state index in [0.717, 1.165) is 139 Å². The van der Waals surface area contributed by atoms with Crippen LogP contribution in [0.4, 0.5) is 0 Å². The van der Waals surface area contributed by atoms with Crippen molar-refractivity contribution in [3.05, 3.63) is 157 Å². The largest absolute Gasteiger partial charge is 0.530 e. The van der Waals surface area contributed by atoms with Crippen LogP contribution in [0.2, 0.25) is 0 Å². The molecule has 0 radical (unpaired) electrons. The molecule has 0 saturated heterocycles. The van der Waals surface area contributed by atoms with Crippen molar-refractivity contribution in [3.63, 3.8) is 0 Å². The van der Waals surface area contributed by atoms with Gasteiger partial charge in [0.25, 0.3) is 0 Å². The molecule has 0 bridgehead atoms. The minimum Gasteiger partial charge on any atom is -0.488 e.